The second-order valence-corrected chi connectivity index (χ2v) is 8.17. The summed E-state index contributed by atoms with van der Waals surface area (Å²) in [5.41, 5.74) is 2.97. The molecule has 2 amide bonds. The second kappa shape index (κ2) is 8.76. The highest BCUT2D eigenvalue weighted by molar-refractivity contribution is 6.00. The van der Waals surface area contributed by atoms with Crippen LogP contribution in [0.25, 0.3) is 0 Å². The van der Waals surface area contributed by atoms with Crippen LogP contribution in [0.15, 0.2) is 18.2 Å². The van der Waals surface area contributed by atoms with Crippen molar-refractivity contribution in [1.29, 1.82) is 0 Å². The molecule has 0 radical (unpaired) electrons. The van der Waals surface area contributed by atoms with E-state index < -0.39 is 11.9 Å². The van der Waals surface area contributed by atoms with E-state index in [0.717, 1.165) is 36.1 Å². The standard InChI is InChI=1S/C22H30N2O4/c1-14-8-6-10-19(16(14)3)24-12-17(11-21(24)26)22(27)28-13-20(25)23-18-9-5-4-7-15(18)2/h6,8,10,15,17-18H,4-5,7,9,11-13H2,1-3H3,(H,23,25)/t15-,17-,18-/m0/s1. The Kier molecular flexibility index (Phi) is 6.37. The van der Waals surface area contributed by atoms with Crippen LogP contribution in [0.5, 0.6) is 0 Å². The predicted molar refractivity (Wildman–Crippen MR) is 107 cm³/mol. The third-order valence-electron chi connectivity index (χ3n) is 6.13. The molecule has 3 atom stereocenters. The van der Waals surface area contributed by atoms with E-state index in [0.29, 0.717) is 12.5 Å². The van der Waals surface area contributed by atoms with E-state index in [-0.39, 0.29) is 30.9 Å². The molecule has 1 saturated heterocycles. The molecule has 28 heavy (non-hydrogen) atoms. The van der Waals surface area contributed by atoms with Gasteiger partial charge < -0.3 is 15.0 Å². The molecule has 6 nitrogen and oxygen atoms in total. The highest BCUT2D eigenvalue weighted by Gasteiger charge is 2.37. The van der Waals surface area contributed by atoms with Crippen molar-refractivity contribution in [2.24, 2.45) is 11.8 Å². The van der Waals surface area contributed by atoms with Gasteiger partial charge in [-0.1, -0.05) is 31.9 Å². The number of anilines is 1. The minimum Gasteiger partial charge on any atom is -0.455 e. The van der Waals surface area contributed by atoms with Crippen LogP contribution in [0.3, 0.4) is 0 Å². The van der Waals surface area contributed by atoms with Crippen molar-refractivity contribution in [3.63, 3.8) is 0 Å². The number of hydrogen-bond acceptors (Lipinski definition) is 4. The third-order valence-corrected chi connectivity index (χ3v) is 6.13. The summed E-state index contributed by atoms with van der Waals surface area (Å²) >= 11 is 0. The van der Waals surface area contributed by atoms with Gasteiger partial charge in [-0.05, 0) is 49.8 Å². The zero-order chi connectivity index (χ0) is 20.3. The van der Waals surface area contributed by atoms with Crippen molar-refractivity contribution in [2.75, 3.05) is 18.1 Å². The van der Waals surface area contributed by atoms with Gasteiger partial charge in [-0.25, -0.2) is 0 Å². The van der Waals surface area contributed by atoms with Gasteiger partial charge in [0.1, 0.15) is 0 Å². The fraction of sp³-hybridized carbons (Fsp3) is 0.591. The van der Waals surface area contributed by atoms with Gasteiger partial charge >= 0.3 is 5.97 Å². The summed E-state index contributed by atoms with van der Waals surface area (Å²) in [7, 11) is 0. The minimum atomic E-state index is -0.534. The predicted octanol–water partition coefficient (Wildman–Crippen LogP) is 2.89. The van der Waals surface area contributed by atoms with E-state index in [9.17, 15) is 14.4 Å². The van der Waals surface area contributed by atoms with Gasteiger partial charge in [0, 0.05) is 24.7 Å². The molecule has 3 rings (SSSR count). The zero-order valence-corrected chi connectivity index (χ0v) is 17.0. The molecular formula is C22H30N2O4. The molecular weight excluding hydrogens is 356 g/mol. The van der Waals surface area contributed by atoms with Gasteiger partial charge in [0.15, 0.2) is 6.61 Å². The summed E-state index contributed by atoms with van der Waals surface area (Å²) in [5, 5.41) is 2.98. The van der Waals surface area contributed by atoms with E-state index in [1.807, 2.05) is 32.0 Å². The van der Waals surface area contributed by atoms with Crippen molar-refractivity contribution in [1.82, 2.24) is 5.32 Å². The molecule has 1 saturated carbocycles. The Balaban J connectivity index is 1.52. The highest BCUT2D eigenvalue weighted by Crippen LogP contribution is 2.30. The second-order valence-electron chi connectivity index (χ2n) is 8.17. The van der Waals surface area contributed by atoms with Crippen LogP contribution in [0.2, 0.25) is 0 Å². The van der Waals surface area contributed by atoms with Crippen molar-refractivity contribution < 1.29 is 19.1 Å². The number of carbonyl (C=O) groups excluding carboxylic acids is 3. The molecule has 1 aliphatic heterocycles. The van der Waals surface area contributed by atoms with E-state index in [4.69, 9.17) is 4.74 Å². The number of carbonyl (C=O) groups is 3. The lowest BCUT2D eigenvalue weighted by molar-refractivity contribution is -0.152. The fourth-order valence-corrected chi connectivity index (χ4v) is 4.16. The molecule has 1 N–H and O–H groups in total. The minimum absolute atomic E-state index is 0.0869. The number of aryl methyl sites for hydroxylation is 1. The lowest BCUT2D eigenvalue weighted by Crippen LogP contribution is -2.43. The molecule has 0 aromatic heterocycles. The van der Waals surface area contributed by atoms with Crippen molar-refractivity contribution in [3.05, 3.63) is 29.3 Å². The summed E-state index contributed by atoms with van der Waals surface area (Å²) in [6, 6.07) is 5.96. The largest absolute Gasteiger partial charge is 0.455 e. The molecule has 152 valence electrons. The Morgan fingerprint density at radius 1 is 1.21 bits per heavy atom. The van der Waals surface area contributed by atoms with E-state index >= 15 is 0 Å². The van der Waals surface area contributed by atoms with Gasteiger partial charge in [-0.3, -0.25) is 14.4 Å². The van der Waals surface area contributed by atoms with E-state index in [2.05, 4.69) is 12.2 Å². The summed E-state index contributed by atoms with van der Waals surface area (Å²) < 4.78 is 5.22. The number of rotatable bonds is 5. The van der Waals surface area contributed by atoms with Gasteiger partial charge in [0.25, 0.3) is 5.91 Å². The maximum atomic E-state index is 12.4. The quantitative estimate of drug-likeness (QED) is 0.790. The van der Waals surface area contributed by atoms with Crippen LogP contribution in [-0.2, 0) is 19.1 Å². The molecule has 0 bridgehead atoms. The molecule has 0 unspecified atom stereocenters. The van der Waals surface area contributed by atoms with Crippen LogP contribution in [-0.4, -0.2) is 37.0 Å². The Morgan fingerprint density at radius 2 is 1.96 bits per heavy atom. The van der Waals surface area contributed by atoms with Crippen molar-refractivity contribution in [3.8, 4) is 0 Å². The summed E-state index contributed by atoms with van der Waals surface area (Å²) in [6.07, 6.45) is 4.53. The molecule has 6 heteroatoms. The Hall–Kier alpha value is -2.37. The summed E-state index contributed by atoms with van der Waals surface area (Å²) in [5.74, 6) is -0.910. The lowest BCUT2D eigenvalue weighted by atomic mass is 9.86. The SMILES string of the molecule is Cc1cccc(N2C[C@@H](C(=O)OCC(=O)N[C@H]3CCCC[C@@H]3C)CC2=O)c1C. The average Bonchev–Trinajstić information content (AvgIpc) is 3.05. The number of nitrogens with zero attached hydrogens (tertiary/aromatic N) is 1. The number of hydrogen-bond donors (Lipinski definition) is 1. The maximum Gasteiger partial charge on any atom is 0.311 e. The number of ether oxygens (including phenoxy) is 1. The Bertz CT molecular complexity index is 761. The average molecular weight is 386 g/mol. The highest BCUT2D eigenvalue weighted by atomic mass is 16.5. The van der Waals surface area contributed by atoms with Crippen LogP contribution in [0, 0.1) is 25.7 Å². The first-order chi connectivity index (χ1) is 13.4. The number of benzene rings is 1. The molecule has 1 aromatic carbocycles. The summed E-state index contributed by atoms with van der Waals surface area (Å²) in [4.78, 5) is 38.6. The van der Waals surface area contributed by atoms with Crippen LogP contribution >= 0.6 is 0 Å². The lowest BCUT2D eigenvalue weighted by Gasteiger charge is -2.29. The fourth-order valence-electron chi connectivity index (χ4n) is 4.16. The summed E-state index contributed by atoms with van der Waals surface area (Å²) in [6.45, 7) is 6.12. The number of esters is 1. The first-order valence-electron chi connectivity index (χ1n) is 10.2. The van der Waals surface area contributed by atoms with Crippen LogP contribution in [0.4, 0.5) is 5.69 Å². The van der Waals surface area contributed by atoms with Crippen molar-refractivity contribution in [2.45, 2.75) is 58.9 Å². The van der Waals surface area contributed by atoms with E-state index in [1.165, 1.54) is 6.42 Å². The first kappa shape index (κ1) is 20.4. The zero-order valence-electron chi connectivity index (χ0n) is 17.0. The number of nitrogens with one attached hydrogen (secondary N) is 1. The molecule has 1 aromatic rings. The van der Waals surface area contributed by atoms with Gasteiger partial charge in [-0.15, -0.1) is 0 Å². The smallest absolute Gasteiger partial charge is 0.311 e. The molecule has 2 fully saturated rings. The molecule has 1 aliphatic carbocycles. The monoisotopic (exact) mass is 386 g/mol. The third kappa shape index (κ3) is 4.54. The topological polar surface area (TPSA) is 75.7 Å². The van der Waals surface area contributed by atoms with Crippen LogP contribution < -0.4 is 10.2 Å². The van der Waals surface area contributed by atoms with Gasteiger partial charge in [0.2, 0.25) is 5.91 Å². The van der Waals surface area contributed by atoms with Gasteiger partial charge in [0.05, 0.1) is 5.92 Å². The molecule has 1 heterocycles. The Morgan fingerprint density at radius 3 is 2.71 bits per heavy atom. The normalized spacial score (nSPS) is 24.9. The Labute approximate surface area is 166 Å². The van der Waals surface area contributed by atoms with Gasteiger partial charge in [-0.2, -0.15) is 0 Å². The number of amides is 2. The molecule has 2 aliphatic rings. The molecule has 0 spiro atoms. The maximum absolute atomic E-state index is 12.4. The van der Waals surface area contributed by atoms with Crippen molar-refractivity contribution >= 4 is 23.5 Å². The van der Waals surface area contributed by atoms with E-state index in [1.54, 1.807) is 4.90 Å². The first-order valence-corrected chi connectivity index (χ1v) is 10.2. The van der Waals surface area contributed by atoms with Crippen LogP contribution in [0.1, 0.15) is 50.2 Å².